The van der Waals surface area contributed by atoms with Crippen LogP contribution in [0.2, 0.25) is 5.15 Å². The van der Waals surface area contributed by atoms with E-state index in [0.717, 1.165) is 6.42 Å². The van der Waals surface area contributed by atoms with E-state index in [4.69, 9.17) is 21.1 Å². The molecular formula is C12H14BrClN2O3. The smallest absolute Gasteiger partial charge is 0.254 e. The fourth-order valence-corrected chi connectivity index (χ4v) is 2.40. The Balaban J connectivity index is 2.03. The van der Waals surface area contributed by atoms with Crippen LogP contribution in [0.1, 0.15) is 16.8 Å². The number of carbonyl (C=O) groups excluding carboxylic acids is 1. The topological polar surface area (TPSA) is 60.5 Å². The van der Waals surface area contributed by atoms with E-state index in [0.29, 0.717) is 29.8 Å². The van der Waals surface area contributed by atoms with Gasteiger partial charge in [-0.05, 0) is 22.0 Å². The zero-order valence-corrected chi connectivity index (χ0v) is 12.8. The van der Waals surface area contributed by atoms with Crippen LogP contribution < -0.4 is 5.32 Å². The Bertz CT molecular complexity index is 478. The molecule has 7 heteroatoms. The summed E-state index contributed by atoms with van der Waals surface area (Å²) in [6.45, 7) is 1.50. The molecule has 1 aromatic rings. The minimum atomic E-state index is -0.443. The van der Waals surface area contributed by atoms with Crippen LogP contribution in [-0.2, 0) is 9.47 Å². The molecule has 0 radical (unpaired) electrons. The van der Waals surface area contributed by atoms with Crippen molar-refractivity contribution < 1.29 is 14.3 Å². The lowest BCUT2D eigenvalue weighted by molar-refractivity contribution is -0.0148. The lowest BCUT2D eigenvalue weighted by Gasteiger charge is -2.25. The number of methoxy groups -OCH3 is 1. The highest BCUT2D eigenvalue weighted by Crippen LogP contribution is 2.22. The van der Waals surface area contributed by atoms with Gasteiger partial charge in [-0.1, -0.05) is 11.6 Å². The zero-order valence-electron chi connectivity index (χ0n) is 10.4. The largest absolute Gasteiger partial charge is 0.378 e. The molecule has 1 atom stereocenters. The Morgan fingerprint density at radius 1 is 1.74 bits per heavy atom. The van der Waals surface area contributed by atoms with Crippen molar-refractivity contribution in [3.05, 3.63) is 27.5 Å². The first kappa shape index (κ1) is 14.7. The number of halogens is 2. The van der Waals surface area contributed by atoms with E-state index in [-0.39, 0.29) is 11.1 Å². The molecular weight excluding hydrogens is 336 g/mol. The van der Waals surface area contributed by atoms with Crippen molar-refractivity contribution in [3.8, 4) is 0 Å². The molecule has 1 aliphatic heterocycles. The number of rotatable bonds is 4. The first-order valence-corrected chi connectivity index (χ1v) is 6.95. The van der Waals surface area contributed by atoms with Gasteiger partial charge in [-0.15, -0.1) is 0 Å². The average molecular weight is 350 g/mol. The molecule has 1 aliphatic rings. The van der Waals surface area contributed by atoms with Gasteiger partial charge in [0, 0.05) is 37.4 Å². The van der Waals surface area contributed by atoms with E-state index >= 15 is 0 Å². The summed E-state index contributed by atoms with van der Waals surface area (Å²) < 4.78 is 11.5. The standard InChI is InChI=1S/C12H14BrClN2O3/c1-18-12(2-3-19-7-12)6-16-11(17)9-4-8(13)5-15-10(9)14/h4-5H,2-3,6-7H2,1H3,(H,16,17). The summed E-state index contributed by atoms with van der Waals surface area (Å²) in [5, 5.41) is 2.99. The summed E-state index contributed by atoms with van der Waals surface area (Å²) in [4.78, 5) is 16.0. The van der Waals surface area contributed by atoms with Crippen LogP contribution in [0.5, 0.6) is 0 Å². The van der Waals surface area contributed by atoms with Crippen LogP contribution in [0.3, 0.4) is 0 Å². The second kappa shape index (κ2) is 6.17. The number of hydrogen-bond donors (Lipinski definition) is 1. The molecule has 2 rings (SSSR count). The first-order valence-electron chi connectivity index (χ1n) is 5.78. The molecule has 1 aromatic heterocycles. The van der Waals surface area contributed by atoms with Gasteiger partial charge in [-0.2, -0.15) is 0 Å². The predicted octanol–water partition coefficient (Wildman–Crippen LogP) is 2.03. The van der Waals surface area contributed by atoms with E-state index in [2.05, 4.69) is 26.2 Å². The van der Waals surface area contributed by atoms with Gasteiger partial charge in [-0.3, -0.25) is 4.79 Å². The van der Waals surface area contributed by atoms with Gasteiger partial charge in [0.25, 0.3) is 5.91 Å². The maximum atomic E-state index is 12.1. The van der Waals surface area contributed by atoms with Crippen LogP contribution in [0, 0.1) is 0 Å². The highest BCUT2D eigenvalue weighted by atomic mass is 79.9. The fourth-order valence-electron chi connectivity index (χ4n) is 1.88. The Morgan fingerprint density at radius 3 is 3.16 bits per heavy atom. The van der Waals surface area contributed by atoms with E-state index < -0.39 is 5.60 Å². The SMILES string of the molecule is COC1(CNC(=O)c2cc(Br)cnc2Cl)CCOC1. The maximum Gasteiger partial charge on any atom is 0.254 e. The van der Waals surface area contributed by atoms with E-state index in [1.165, 1.54) is 0 Å². The molecule has 1 saturated heterocycles. The Kier molecular flexibility index (Phi) is 4.78. The predicted molar refractivity (Wildman–Crippen MR) is 74.5 cm³/mol. The molecule has 1 unspecified atom stereocenters. The summed E-state index contributed by atoms with van der Waals surface area (Å²) in [5.74, 6) is -0.276. The van der Waals surface area contributed by atoms with Gasteiger partial charge in [0.15, 0.2) is 0 Å². The van der Waals surface area contributed by atoms with Crippen molar-refractivity contribution in [2.75, 3.05) is 26.9 Å². The molecule has 5 nitrogen and oxygen atoms in total. The van der Waals surface area contributed by atoms with Crippen LogP contribution >= 0.6 is 27.5 Å². The Morgan fingerprint density at radius 2 is 2.53 bits per heavy atom. The Hall–Kier alpha value is -0.690. The molecule has 0 saturated carbocycles. The van der Waals surface area contributed by atoms with Crippen molar-refractivity contribution >= 4 is 33.4 Å². The van der Waals surface area contributed by atoms with Gasteiger partial charge in [0.1, 0.15) is 10.8 Å². The van der Waals surface area contributed by atoms with Gasteiger partial charge >= 0.3 is 0 Å². The average Bonchev–Trinajstić information content (AvgIpc) is 2.88. The number of nitrogens with one attached hydrogen (secondary N) is 1. The highest BCUT2D eigenvalue weighted by molar-refractivity contribution is 9.10. The molecule has 0 bridgehead atoms. The molecule has 0 aliphatic carbocycles. The van der Waals surface area contributed by atoms with E-state index in [1.54, 1.807) is 19.4 Å². The third kappa shape index (κ3) is 3.45. The molecule has 19 heavy (non-hydrogen) atoms. The van der Waals surface area contributed by atoms with Crippen LogP contribution in [-0.4, -0.2) is 43.4 Å². The lowest BCUT2D eigenvalue weighted by atomic mass is 10.0. The summed E-state index contributed by atoms with van der Waals surface area (Å²) in [7, 11) is 1.62. The van der Waals surface area contributed by atoms with E-state index in [1.807, 2.05) is 0 Å². The first-order chi connectivity index (χ1) is 9.06. The minimum absolute atomic E-state index is 0.176. The molecule has 0 aromatic carbocycles. The molecule has 1 amide bonds. The van der Waals surface area contributed by atoms with Crippen molar-refractivity contribution in [2.45, 2.75) is 12.0 Å². The number of nitrogens with zero attached hydrogens (tertiary/aromatic N) is 1. The van der Waals surface area contributed by atoms with Gasteiger partial charge in [0.05, 0.1) is 12.2 Å². The number of amides is 1. The molecule has 104 valence electrons. The number of pyridine rings is 1. The number of aromatic nitrogens is 1. The monoisotopic (exact) mass is 348 g/mol. The summed E-state index contributed by atoms with van der Waals surface area (Å²) >= 11 is 9.17. The summed E-state index contributed by atoms with van der Waals surface area (Å²) in [5.41, 5.74) is -0.108. The van der Waals surface area contributed by atoms with Crippen molar-refractivity contribution in [3.63, 3.8) is 0 Å². The minimum Gasteiger partial charge on any atom is -0.378 e. The second-order valence-electron chi connectivity index (χ2n) is 4.36. The van der Waals surface area contributed by atoms with Crippen LogP contribution in [0.25, 0.3) is 0 Å². The maximum absolute atomic E-state index is 12.1. The lowest BCUT2D eigenvalue weighted by Crippen LogP contribution is -2.45. The third-order valence-electron chi connectivity index (χ3n) is 3.12. The highest BCUT2D eigenvalue weighted by Gasteiger charge is 2.35. The number of ether oxygens (including phenoxy) is 2. The second-order valence-corrected chi connectivity index (χ2v) is 5.64. The molecule has 2 heterocycles. The van der Waals surface area contributed by atoms with Crippen molar-refractivity contribution in [1.29, 1.82) is 0 Å². The van der Waals surface area contributed by atoms with Crippen LogP contribution in [0.4, 0.5) is 0 Å². The molecule has 1 N–H and O–H groups in total. The number of hydrogen-bond acceptors (Lipinski definition) is 4. The van der Waals surface area contributed by atoms with Gasteiger partial charge in [0.2, 0.25) is 0 Å². The zero-order chi connectivity index (χ0) is 13.9. The third-order valence-corrected chi connectivity index (χ3v) is 3.86. The fraction of sp³-hybridized carbons (Fsp3) is 0.500. The number of carbonyl (C=O) groups is 1. The van der Waals surface area contributed by atoms with Crippen LogP contribution in [0.15, 0.2) is 16.7 Å². The molecule has 1 fully saturated rings. The Labute approximate surface area is 124 Å². The van der Waals surface area contributed by atoms with E-state index in [9.17, 15) is 4.79 Å². The quantitative estimate of drug-likeness (QED) is 0.845. The van der Waals surface area contributed by atoms with Crippen molar-refractivity contribution in [1.82, 2.24) is 10.3 Å². The van der Waals surface area contributed by atoms with Gasteiger partial charge in [-0.25, -0.2) is 4.98 Å². The summed E-state index contributed by atoms with van der Waals surface area (Å²) in [6.07, 6.45) is 2.30. The normalized spacial score (nSPS) is 22.5. The van der Waals surface area contributed by atoms with Crippen molar-refractivity contribution in [2.24, 2.45) is 0 Å². The van der Waals surface area contributed by atoms with Gasteiger partial charge < -0.3 is 14.8 Å². The summed E-state index contributed by atoms with van der Waals surface area (Å²) in [6, 6.07) is 1.63. The molecule has 0 spiro atoms.